The van der Waals surface area contributed by atoms with Crippen molar-refractivity contribution in [2.24, 2.45) is 0 Å². The average molecular weight is 990 g/mol. The van der Waals surface area contributed by atoms with Gasteiger partial charge in [0.1, 0.15) is 13.2 Å². The van der Waals surface area contributed by atoms with E-state index in [-0.39, 0.29) is 37.5 Å². The molecule has 6 nitrogen and oxygen atoms in total. The zero-order valence-corrected chi connectivity index (χ0v) is 46.7. The molecule has 0 aromatic carbocycles. The summed E-state index contributed by atoms with van der Waals surface area (Å²) in [5.74, 6) is -0.981. The van der Waals surface area contributed by atoms with Crippen LogP contribution in [0.3, 0.4) is 0 Å². The summed E-state index contributed by atoms with van der Waals surface area (Å²) >= 11 is 0. The maximum absolute atomic E-state index is 12.9. The van der Waals surface area contributed by atoms with Gasteiger partial charge in [-0.05, 0) is 83.5 Å². The monoisotopic (exact) mass is 989 g/mol. The van der Waals surface area contributed by atoms with E-state index in [9.17, 15) is 14.4 Å². The highest BCUT2D eigenvalue weighted by molar-refractivity contribution is 5.71. The van der Waals surface area contributed by atoms with Crippen molar-refractivity contribution in [3.63, 3.8) is 0 Å². The van der Waals surface area contributed by atoms with Crippen molar-refractivity contribution >= 4 is 17.9 Å². The summed E-state index contributed by atoms with van der Waals surface area (Å²) in [6.07, 6.45) is 77.3. The van der Waals surface area contributed by atoms with Crippen molar-refractivity contribution in [1.82, 2.24) is 0 Å². The van der Waals surface area contributed by atoms with E-state index in [1.807, 2.05) is 6.08 Å². The number of carbonyl (C=O) groups is 3. The highest BCUT2D eigenvalue weighted by Crippen LogP contribution is 2.16. The Balaban J connectivity index is 4.46. The molecular weight excluding hydrogens is 877 g/mol. The molecule has 0 bridgehead atoms. The lowest BCUT2D eigenvalue weighted by Gasteiger charge is -2.18. The van der Waals surface area contributed by atoms with Crippen molar-refractivity contribution in [2.75, 3.05) is 13.2 Å². The van der Waals surface area contributed by atoms with E-state index in [4.69, 9.17) is 14.2 Å². The summed E-state index contributed by atoms with van der Waals surface area (Å²) in [6, 6.07) is 0. The molecule has 0 spiro atoms. The average Bonchev–Trinajstić information content (AvgIpc) is 3.37. The molecule has 0 aliphatic heterocycles. The molecule has 0 heterocycles. The predicted octanol–water partition coefficient (Wildman–Crippen LogP) is 20.3. The second-order valence-electron chi connectivity index (χ2n) is 19.9. The molecule has 6 heteroatoms. The fourth-order valence-electron chi connectivity index (χ4n) is 8.41. The number of esters is 3. The van der Waals surface area contributed by atoms with Gasteiger partial charge in [-0.15, -0.1) is 0 Å². The third kappa shape index (κ3) is 57.4. The van der Waals surface area contributed by atoms with E-state index in [0.29, 0.717) is 19.3 Å². The quantitative estimate of drug-likeness (QED) is 0.0261. The predicted molar refractivity (Wildman–Crippen MR) is 307 cm³/mol. The van der Waals surface area contributed by atoms with Crippen LogP contribution in [-0.2, 0) is 28.6 Å². The number of rotatable bonds is 54. The lowest BCUT2D eigenvalue weighted by atomic mass is 10.0. The summed E-state index contributed by atoms with van der Waals surface area (Å²) in [5.41, 5.74) is 0. The molecule has 0 rings (SSSR count). The molecule has 0 unspecified atom stereocenters. The first-order valence-electron chi connectivity index (χ1n) is 30.1. The molecule has 0 radical (unpaired) electrons. The largest absolute Gasteiger partial charge is 0.462 e. The second-order valence-corrected chi connectivity index (χ2v) is 19.9. The third-order valence-corrected chi connectivity index (χ3v) is 12.9. The van der Waals surface area contributed by atoms with Crippen LogP contribution in [-0.4, -0.2) is 37.2 Å². The van der Waals surface area contributed by atoms with Crippen LogP contribution in [0.15, 0.2) is 85.1 Å². The lowest BCUT2D eigenvalue weighted by Crippen LogP contribution is -2.30. The zero-order chi connectivity index (χ0) is 51.4. The Morgan fingerprint density at radius 2 is 0.577 bits per heavy atom. The third-order valence-electron chi connectivity index (χ3n) is 12.9. The molecule has 408 valence electrons. The number of unbranched alkanes of at least 4 members (excludes halogenated alkanes) is 29. The van der Waals surface area contributed by atoms with Crippen LogP contribution >= 0.6 is 0 Å². The van der Waals surface area contributed by atoms with Gasteiger partial charge >= 0.3 is 17.9 Å². The van der Waals surface area contributed by atoms with Crippen LogP contribution in [0.2, 0.25) is 0 Å². The van der Waals surface area contributed by atoms with Crippen LogP contribution in [0.1, 0.15) is 290 Å². The van der Waals surface area contributed by atoms with E-state index in [1.54, 1.807) is 0 Å². The molecule has 0 N–H and O–H groups in total. The molecule has 0 saturated carbocycles. The van der Waals surface area contributed by atoms with Crippen molar-refractivity contribution in [3.05, 3.63) is 85.1 Å². The van der Waals surface area contributed by atoms with Crippen LogP contribution < -0.4 is 0 Å². The van der Waals surface area contributed by atoms with Gasteiger partial charge in [0.15, 0.2) is 6.10 Å². The zero-order valence-electron chi connectivity index (χ0n) is 46.7. The molecular formula is C65H112O6. The van der Waals surface area contributed by atoms with Gasteiger partial charge in [-0.3, -0.25) is 14.4 Å². The first-order valence-corrected chi connectivity index (χ1v) is 30.1. The van der Waals surface area contributed by atoms with E-state index >= 15 is 0 Å². The maximum Gasteiger partial charge on any atom is 0.306 e. The SMILES string of the molecule is CC/C=C/C/C=C/C/C=C/C/C=C/C/C=C/C/C=C/CCC(=O)OC[C@@H](COC(=O)CCCCCCCCC/C=C/CCCCCC)OC(=O)CCCCCCCCCCCCCCCCCCCCC. The first kappa shape index (κ1) is 67.6. The molecule has 0 aromatic heterocycles. The van der Waals surface area contributed by atoms with Gasteiger partial charge in [-0.2, -0.15) is 0 Å². The van der Waals surface area contributed by atoms with Crippen molar-refractivity contribution < 1.29 is 28.6 Å². The minimum Gasteiger partial charge on any atom is -0.462 e. The molecule has 0 aliphatic carbocycles. The van der Waals surface area contributed by atoms with E-state index in [0.717, 1.165) is 77.0 Å². The summed E-state index contributed by atoms with van der Waals surface area (Å²) < 4.78 is 16.8. The number of ether oxygens (including phenoxy) is 3. The van der Waals surface area contributed by atoms with Crippen LogP contribution in [0.25, 0.3) is 0 Å². The van der Waals surface area contributed by atoms with Gasteiger partial charge in [0.25, 0.3) is 0 Å². The maximum atomic E-state index is 12.9. The molecule has 71 heavy (non-hydrogen) atoms. The van der Waals surface area contributed by atoms with Gasteiger partial charge in [-0.25, -0.2) is 0 Å². The van der Waals surface area contributed by atoms with Gasteiger partial charge < -0.3 is 14.2 Å². The Morgan fingerprint density at radius 1 is 0.296 bits per heavy atom. The highest BCUT2D eigenvalue weighted by Gasteiger charge is 2.19. The Labute approximate surface area is 439 Å². The smallest absolute Gasteiger partial charge is 0.306 e. The molecule has 1 atom stereocenters. The second kappa shape index (κ2) is 59.2. The van der Waals surface area contributed by atoms with E-state index < -0.39 is 6.10 Å². The normalized spacial score (nSPS) is 12.7. The topological polar surface area (TPSA) is 78.9 Å². The molecule has 0 aromatic rings. The Morgan fingerprint density at radius 3 is 0.958 bits per heavy atom. The number of carbonyl (C=O) groups excluding carboxylic acids is 3. The van der Waals surface area contributed by atoms with Gasteiger partial charge in [0, 0.05) is 19.3 Å². The summed E-state index contributed by atoms with van der Waals surface area (Å²) in [6.45, 7) is 6.48. The van der Waals surface area contributed by atoms with Crippen molar-refractivity contribution in [1.29, 1.82) is 0 Å². The van der Waals surface area contributed by atoms with Crippen molar-refractivity contribution in [3.8, 4) is 0 Å². The van der Waals surface area contributed by atoms with Crippen LogP contribution in [0.4, 0.5) is 0 Å². The minimum absolute atomic E-state index is 0.0998. The summed E-state index contributed by atoms with van der Waals surface area (Å²) in [4.78, 5) is 38.2. The van der Waals surface area contributed by atoms with Gasteiger partial charge in [0.05, 0.1) is 0 Å². The fourth-order valence-corrected chi connectivity index (χ4v) is 8.41. The van der Waals surface area contributed by atoms with Crippen LogP contribution in [0.5, 0.6) is 0 Å². The Hall–Kier alpha value is -3.41. The molecule has 0 aliphatic rings. The summed E-state index contributed by atoms with van der Waals surface area (Å²) in [5, 5.41) is 0. The van der Waals surface area contributed by atoms with E-state index in [1.165, 1.54) is 167 Å². The van der Waals surface area contributed by atoms with Gasteiger partial charge in [-0.1, -0.05) is 273 Å². The number of allylic oxidation sites excluding steroid dienone is 14. The van der Waals surface area contributed by atoms with Gasteiger partial charge in [0.2, 0.25) is 0 Å². The minimum atomic E-state index is -0.808. The lowest BCUT2D eigenvalue weighted by molar-refractivity contribution is -0.166. The van der Waals surface area contributed by atoms with E-state index in [2.05, 4.69) is 99.8 Å². The molecule has 0 saturated heterocycles. The standard InChI is InChI=1S/C65H112O6/c1-4-7-10-13-16-19-22-25-28-30-32-34-37-40-43-46-49-52-55-58-64(67)70-61-62(60-69-63(66)57-54-51-48-45-42-39-36-27-24-21-18-15-12-9-6-3)71-65(68)59-56-53-50-47-44-41-38-35-33-31-29-26-23-20-17-14-11-8-5-2/h7,10,16,19,21,24-25,28,32,34,40,43,49,52,62H,4-6,8-9,11-15,17-18,20,22-23,26-27,29-31,33,35-39,41-42,44-48,50-51,53-61H2,1-3H3/b10-7+,19-16+,24-21+,28-25+,34-32+,43-40+,52-49+/t62-/m1/s1. The summed E-state index contributed by atoms with van der Waals surface area (Å²) in [7, 11) is 0. The fraction of sp³-hybridized carbons (Fsp3) is 0.738. The highest BCUT2D eigenvalue weighted by atomic mass is 16.6. The Bertz CT molecular complexity index is 1370. The number of hydrogen-bond donors (Lipinski definition) is 0. The first-order chi connectivity index (χ1) is 35.0. The molecule has 0 amide bonds. The number of hydrogen-bond acceptors (Lipinski definition) is 6. The molecule has 0 fully saturated rings. The Kier molecular flexibility index (Phi) is 56.3. The van der Waals surface area contributed by atoms with Crippen LogP contribution in [0, 0.1) is 0 Å². The van der Waals surface area contributed by atoms with Crippen molar-refractivity contribution in [2.45, 2.75) is 297 Å².